The molecule has 1 heterocycles. The van der Waals surface area contributed by atoms with E-state index in [-0.39, 0.29) is 9.92 Å². The number of benzene rings is 2. The molecule has 0 radical (unpaired) electrons. The molecule has 1 aromatic heterocycles. The molecule has 21 heavy (non-hydrogen) atoms. The second-order valence-electron chi connectivity index (χ2n) is 4.65. The molecule has 0 saturated heterocycles. The molecule has 0 saturated carbocycles. The molecule has 2 N–H and O–H groups in total. The predicted octanol–water partition coefficient (Wildman–Crippen LogP) is 3.18. The smallest absolute Gasteiger partial charge is 0.221 e. The molecule has 0 atom stereocenters. The molecule has 0 unspecified atom stereocenters. The highest BCUT2D eigenvalue weighted by Crippen LogP contribution is 2.26. The van der Waals surface area contributed by atoms with Gasteiger partial charge in [0.15, 0.2) is 0 Å². The molecule has 108 valence electrons. The lowest BCUT2D eigenvalue weighted by Gasteiger charge is -2.05. The molecular formula is C15H13FN2O2S. The molecule has 0 fully saturated rings. The lowest BCUT2D eigenvalue weighted by Crippen LogP contribution is -2.03. The Kier molecular flexibility index (Phi) is 3.17. The van der Waals surface area contributed by atoms with E-state index in [2.05, 4.69) is 10.3 Å². The highest BCUT2D eigenvalue weighted by Gasteiger charge is 2.20. The van der Waals surface area contributed by atoms with Crippen LogP contribution >= 0.6 is 0 Å². The van der Waals surface area contributed by atoms with Gasteiger partial charge in [-0.3, -0.25) is 0 Å². The lowest BCUT2D eigenvalue weighted by atomic mass is 10.2. The van der Waals surface area contributed by atoms with Crippen molar-refractivity contribution in [3.05, 3.63) is 54.3 Å². The Morgan fingerprint density at radius 1 is 1.10 bits per heavy atom. The average Bonchev–Trinajstić information content (AvgIpc) is 2.91. The fourth-order valence-corrected chi connectivity index (χ4v) is 3.49. The van der Waals surface area contributed by atoms with E-state index in [1.165, 1.54) is 30.3 Å². The second kappa shape index (κ2) is 4.89. The van der Waals surface area contributed by atoms with Crippen LogP contribution in [0.15, 0.2) is 58.5 Å². The number of nitrogens with one attached hydrogen (secondary N) is 2. The summed E-state index contributed by atoms with van der Waals surface area (Å²) in [6.45, 7) is 0. The number of aromatic amines is 1. The molecule has 2 aromatic carbocycles. The largest absolute Gasteiger partial charge is 0.388 e. The van der Waals surface area contributed by atoms with Gasteiger partial charge in [-0.2, -0.15) is 0 Å². The summed E-state index contributed by atoms with van der Waals surface area (Å²) in [6.07, 6.45) is 0. The molecule has 0 aliphatic carbocycles. The van der Waals surface area contributed by atoms with Crippen molar-refractivity contribution in [1.82, 2.24) is 4.98 Å². The average molecular weight is 304 g/mol. The van der Waals surface area contributed by atoms with Gasteiger partial charge in [-0.05, 0) is 42.5 Å². The standard InChI is InChI=1S/C15H13FN2O2S/c1-17-12-3-2-4-13(9-12)21(19,20)15-8-10-7-11(16)5-6-14(10)18-15/h2-9,17-18H,1H3. The van der Waals surface area contributed by atoms with Crippen molar-refractivity contribution in [2.24, 2.45) is 0 Å². The molecular weight excluding hydrogens is 291 g/mol. The van der Waals surface area contributed by atoms with Gasteiger partial charge in [0.2, 0.25) is 9.84 Å². The number of rotatable bonds is 3. The first-order valence-corrected chi connectivity index (χ1v) is 7.80. The molecule has 4 nitrogen and oxygen atoms in total. The predicted molar refractivity (Wildman–Crippen MR) is 79.7 cm³/mol. The van der Waals surface area contributed by atoms with Crippen LogP contribution in [0.3, 0.4) is 0 Å². The van der Waals surface area contributed by atoms with Crippen LogP contribution in [0, 0.1) is 5.82 Å². The van der Waals surface area contributed by atoms with Crippen molar-refractivity contribution in [1.29, 1.82) is 0 Å². The number of fused-ring (bicyclic) bond motifs is 1. The van der Waals surface area contributed by atoms with Crippen LogP contribution in [-0.4, -0.2) is 20.4 Å². The van der Waals surface area contributed by atoms with E-state index in [0.29, 0.717) is 16.6 Å². The summed E-state index contributed by atoms with van der Waals surface area (Å²) in [7, 11) is -1.94. The Labute approximate surface area is 121 Å². The third-order valence-corrected chi connectivity index (χ3v) is 4.95. The summed E-state index contributed by atoms with van der Waals surface area (Å²) in [5, 5.41) is 3.48. The first-order chi connectivity index (χ1) is 10.0. The van der Waals surface area contributed by atoms with Crippen molar-refractivity contribution in [2.45, 2.75) is 9.92 Å². The van der Waals surface area contributed by atoms with Crippen LogP contribution in [0.25, 0.3) is 10.9 Å². The van der Waals surface area contributed by atoms with Gasteiger partial charge in [0, 0.05) is 23.6 Å². The molecule has 0 spiro atoms. The molecule has 3 aromatic rings. The number of aromatic nitrogens is 1. The molecule has 6 heteroatoms. The Balaban J connectivity index is 2.15. The minimum atomic E-state index is -3.66. The lowest BCUT2D eigenvalue weighted by molar-refractivity contribution is 0.593. The second-order valence-corrected chi connectivity index (χ2v) is 6.56. The zero-order valence-corrected chi connectivity index (χ0v) is 12.0. The van der Waals surface area contributed by atoms with Crippen LogP contribution in [0.5, 0.6) is 0 Å². The van der Waals surface area contributed by atoms with Crippen LogP contribution in [0.2, 0.25) is 0 Å². The minimum Gasteiger partial charge on any atom is -0.388 e. The van der Waals surface area contributed by atoms with Gasteiger partial charge in [0.05, 0.1) is 4.90 Å². The fraction of sp³-hybridized carbons (Fsp3) is 0.0667. The van der Waals surface area contributed by atoms with E-state index < -0.39 is 15.7 Å². The highest BCUT2D eigenvalue weighted by molar-refractivity contribution is 7.91. The van der Waals surface area contributed by atoms with Gasteiger partial charge in [0.1, 0.15) is 10.8 Å². The van der Waals surface area contributed by atoms with Gasteiger partial charge in [0.25, 0.3) is 0 Å². The number of anilines is 1. The van der Waals surface area contributed by atoms with Crippen LogP contribution in [0.1, 0.15) is 0 Å². The van der Waals surface area contributed by atoms with Crippen molar-refractivity contribution < 1.29 is 12.8 Å². The Morgan fingerprint density at radius 3 is 2.67 bits per heavy atom. The van der Waals surface area contributed by atoms with Crippen molar-refractivity contribution in [3.63, 3.8) is 0 Å². The normalized spacial score (nSPS) is 11.7. The number of hydrogen-bond acceptors (Lipinski definition) is 3. The summed E-state index contributed by atoms with van der Waals surface area (Å²) in [4.78, 5) is 3.01. The first-order valence-electron chi connectivity index (χ1n) is 6.32. The topological polar surface area (TPSA) is 62.0 Å². The summed E-state index contributed by atoms with van der Waals surface area (Å²) < 4.78 is 38.4. The summed E-state index contributed by atoms with van der Waals surface area (Å²) in [5.74, 6) is -0.400. The zero-order valence-electron chi connectivity index (χ0n) is 11.2. The van der Waals surface area contributed by atoms with Gasteiger partial charge >= 0.3 is 0 Å². The van der Waals surface area contributed by atoms with Crippen LogP contribution < -0.4 is 5.32 Å². The molecule has 0 amide bonds. The van der Waals surface area contributed by atoms with E-state index >= 15 is 0 Å². The number of halogens is 1. The summed E-state index contributed by atoms with van der Waals surface area (Å²) in [5.41, 5.74) is 1.29. The fourth-order valence-electron chi connectivity index (χ4n) is 2.17. The summed E-state index contributed by atoms with van der Waals surface area (Å²) >= 11 is 0. The third kappa shape index (κ3) is 2.38. The van der Waals surface area contributed by atoms with Gasteiger partial charge in [-0.25, -0.2) is 12.8 Å². The third-order valence-electron chi connectivity index (χ3n) is 3.28. The monoisotopic (exact) mass is 304 g/mol. The molecule has 0 aliphatic heterocycles. The molecule has 3 rings (SSSR count). The zero-order chi connectivity index (χ0) is 15.0. The Bertz CT molecular complexity index is 916. The van der Waals surface area contributed by atoms with E-state index in [1.807, 2.05) is 0 Å². The highest BCUT2D eigenvalue weighted by atomic mass is 32.2. The summed E-state index contributed by atoms with van der Waals surface area (Å²) in [6, 6.07) is 12.1. The van der Waals surface area contributed by atoms with Gasteiger partial charge in [-0.1, -0.05) is 6.07 Å². The van der Waals surface area contributed by atoms with Crippen LogP contribution in [0.4, 0.5) is 10.1 Å². The van der Waals surface area contributed by atoms with Gasteiger partial charge < -0.3 is 10.3 Å². The number of hydrogen-bond donors (Lipinski definition) is 2. The van der Waals surface area contributed by atoms with Gasteiger partial charge in [-0.15, -0.1) is 0 Å². The van der Waals surface area contributed by atoms with Crippen molar-refractivity contribution in [2.75, 3.05) is 12.4 Å². The maximum Gasteiger partial charge on any atom is 0.221 e. The van der Waals surface area contributed by atoms with E-state index in [4.69, 9.17) is 0 Å². The molecule has 0 bridgehead atoms. The van der Waals surface area contributed by atoms with E-state index in [9.17, 15) is 12.8 Å². The van der Waals surface area contributed by atoms with Crippen molar-refractivity contribution in [3.8, 4) is 0 Å². The van der Waals surface area contributed by atoms with E-state index in [1.54, 1.807) is 25.2 Å². The quantitative estimate of drug-likeness (QED) is 0.781. The number of sulfone groups is 1. The van der Waals surface area contributed by atoms with Crippen molar-refractivity contribution >= 4 is 26.4 Å². The Morgan fingerprint density at radius 2 is 1.90 bits per heavy atom. The maximum atomic E-state index is 13.2. The molecule has 0 aliphatic rings. The Hall–Kier alpha value is -2.34. The van der Waals surface area contributed by atoms with Crippen LogP contribution in [-0.2, 0) is 9.84 Å². The maximum absolute atomic E-state index is 13.2. The minimum absolute atomic E-state index is 0.0522. The number of H-pyrrole nitrogens is 1. The first kappa shape index (κ1) is 13.6. The van der Waals surface area contributed by atoms with E-state index in [0.717, 1.165) is 0 Å². The SMILES string of the molecule is CNc1cccc(S(=O)(=O)c2cc3cc(F)ccc3[nH]2)c1.